The summed E-state index contributed by atoms with van der Waals surface area (Å²) in [6.45, 7) is 1.80. The molecule has 1 unspecified atom stereocenters. The predicted octanol–water partition coefficient (Wildman–Crippen LogP) is 1.01. The van der Waals surface area contributed by atoms with Crippen molar-refractivity contribution < 1.29 is 0 Å². The van der Waals surface area contributed by atoms with Crippen LogP contribution in [0.15, 0.2) is 12.3 Å². The largest absolute Gasteiger partial charge is 0.372 e. The molecule has 58 valence electrons. The summed E-state index contributed by atoms with van der Waals surface area (Å²) in [4.78, 5) is 0. The van der Waals surface area contributed by atoms with Gasteiger partial charge in [-0.25, -0.2) is 0 Å². The summed E-state index contributed by atoms with van der Waals surface area (Å²) in [6.07, 6.45) is 1.78. The highest BCUT2D eigenvalue weighted by Crippen LogP contribution is 2.06. The third-order valence-electron chi connectivity index (χ3n) is 1.45. The molecular formula is C7H10N4. The first-order chi connectivity index (χ1) is 5.27. The van der Waals surface area contributed by atoms with Gasteiger partial charge in [-0.1, -0.05) is 0 Å². The zero-order valence-corrected chi connectivity index (χ0v) is 6.57. The van der Waals surface area contributed by atoms with Gasteiger partial charge in [0.05, 0.1) is 6.07 Å². The Morgan fingerprint density at radius 3 is 3.00 bits per heavy atom. The van der Waals surface area contributed by atoms with Gasteiger partial charge in [0, 0.05) is 19.3 Å². The average molecular weight is 150 g/mol. The molecule has 1 heterocycles. The Bertz CT molecular complexity index is 270. The summed E-state index contributed by atoms with van der Waals surface area (Å²) in [5, 5.41) is 15.5. The van der Waals surface area contributed by atoms with Gasteiger partial charge in [-0.15, -0.1) is 0 Å². The maximum atomic E-state index is 8.54. The summed E-state index contributed by atoms with van der Waals surface area (Å²) in [6, 6.07) is 3.72. The van der Waals surface area contributed by atoms with Crippen LogP contribution < -0.4 is 5.32 Å². The Kier molecular flexibility index (Phi) is 2.12. The Morgan fingerprint density at radius 2 is 2.55 bits per heavy atom. The number of anilines is 1. The average Bonchev–Trinajstić information content (AvgIpc) is 2.50. The molecule has 4 nitrogen and oxygen atoms in total. The van der Waals surface area contributed by atoms with Gasteiger partial charge in [-0.2, -0.15) is 10.4 Å². The van der Waals surface area contributed by atoms with E-state index in [-0.39, 0.29) is 6.04 Å². The molecule has 0 bridgehead atoms. The molecule has 0 saturated heterocycles. The van der Waals surface area contributed by atoms with E-state index in [2.05, 4.69) is 16.5 Å². The zero-order chi connectivity index (χ0) is 8.27. The zero-order valence-electron chi connectivity index (χ0n) is 6.57. The van der Waals surface area contributed by atoms with E-state index in [1.165, 1.54) is 0 Å². The Balaban J connectivity index is 2.82. The normalized spacial score (nSPS) is 12.1. The van der Waals surface area contributed by atoms with Crippen LogP contribution in [0.25, 0.3) is 0 Å². The number of nitrogens with zero attached hydrogens (tertiary/aromatic N) is 3. The highest BCUT2D eigenvalue weighted by atomic mass is 15.3. The van der Waals surface area contributed by atoms with E-state index in [4.69, 9.17) is 5.26 Å². The first-order valence-electron chi connectivity index (χ1n) is 3.40. The van der Waals surface area contributed by atoms with Crippen LogP contribution in [0, 0.1) is 11.3 Å². The summed E-state index contributed by atoms with van der Waals surface area (Å²) in [5.41, 5.74) is 0. The number of aromatic nitrogens is 2. The molecule has 1 atom stereocenters. The second-order valence-electron chi connectivity index (χ2n) is 2.24. The smallest absolute Gasteiger partial charge is 0.147 e. The van der Waals surface area contributed by atoms with Gasteiger partial charge in [-0.05, 0) is 6.92 Å². The van der Waals surface area contributed by atoms with Crippen molar-refractivity contribution in [2.24, 2.45) is 0 Å². The molecule has 0 aliphatic heterocycles. The molecule has 1 rings (SSSR count). The van der Waals surface area contributed by atoms with Crippen molar-refractivity contribution in [1.29, 1.82) is 5.26 Å². The monoisotopic (exact) mass is 150 g/mol. The van der Waals surface area contributed by atoms with Gasteiger partial charge in [0.25, 0.3) is 0 Å². The van der Waals surface area contributed by atoms with Crippen molar-refractivity contribution in [3.05, 3.63) is 12.3 Å². The summed E-state index contributed by atoms with van der Waals surface area (Å²) in [5.74, 6) is 0.784. The van der Waals surface area contributed by atoms with Crippen LogP contribution in [-0.4, -0.2) is 16.8 Å². The van der Waals surface area contributed by atoms with Crippen LogP contribution in [0.3, 0.4) is 0 Å². The Labute approximate surface area is 65.4 Å². The fourth-order valence-electron chi connectivity index (χ4n) is 0.746. The lowest BCUT2D eigenvalue weighted by Gasteiger charge is -2.00. The molecule has 0 fully saturated rings. The van der Waals surface area contributed by atoms with E-state index >= 15 is 0 Å². The van der Waals surface area contributed by atoms with E-state index in [1.807, 2.05) is 6.07 Å². The van der Waals surface area contributed by atoms with Gasteiger partial charge in [0.2, 0.25) is 0 Å². The lowest BCUT2D eigenvalue weighted by molar-refractivity contribution is 0.593. The van der Waals surface area contributed by atoms with Crippen LogP contribution in [0.1, 0.15) is 13.0 Å². The number of nitrogens with one attached hydrogen (secondary N) is 1. The van der Waals surface area contributed by atoms with Crippen LogP contribution in [-0.2, 0) is 0 Å². The topological polar surface area (TPSA) is 53.6 Å². The summed E-state index contributed by atoms with van der Waals surface area (Å²) >= 11 is 0. The van der Waals surface area contributed by atoms with Crippen molar-refractivity contribution in [2.45, 2.75) is 13.0 Å². The molecule has 0 radical (unpaired) electrons. The SMILES string of the molecule is CNc1ccn(C(C)C#N)n1. The van der Waals surface area contributed by atoms with Crippen LogP contribution in [0.5, 0.6) is 0 Å². The molecule has 0 amide bonds. The molecule has 0 spiro atoms. The van der Waals surface area contributed by atoms with Crippen molar-refractivity contribution >= 4 is 5.82 Å². The molecule has 11 heavy (non-hydrogen) atoms. The molecule has 0 saturated carbocycles. The minimum atomic E-state index is -0.197. The van der Waals surface area contributed by atoms with Gasteiger partial charge >= 0.3 is 0 Å². The van der Waals surface area contributed by atoms with E-state index in [0.717, 1.165) is 5.82 Å². The predicted molar refractivity (Wildman–Crippen MR) is 42.1 cm³/mol. The molecule has 0 aliphatic rings. The number of hydrogen-bond donors (Lipinski definition) is 1. The maximum absolute atomic E-state index is 8.54. The second-order valence-corrected chi connectivity index (χ2v) is 2.24. The molecule has 1 aromatic rings. The number of hydrogen-bond acceptors (Lipinski definition) is 3. The molecule has 1 N–H and O–H groups in total. The van der Waals surface area contributed by atoms with E-state index in [1.54, 1.807) is 24.9 Å². The van der Waals surface area contributed by atoms with E-state index in [0.29, 0.717) is 0 Å². The van der Waals surface area contributed by atoms with Crippen LogP contribution >= 0.6 is 0 Å². The van der Waals surface area contributed by atoms with Crippen molar-refractivity contribution in [1.82, 2.24) is 9.78 Å². The van der Waals surface area contributed by atoms with Gasteiger partial charge in [0.15, 0.2) is 0 Å². The fourth-order valence-corrected chi connectivity index (χ4v) is 0.746. The molecule has 1 aromatic heterocycles. The first-order valence-corrected chi connectivity index (χ1v) is 3.40. The minimum Gasteiger partial charge on any atom is -0.372 e. The van der Waals surface area contributed by atoms with Crippen LogP contribution in [0.4, 0.5) is 5.82 Å². The van der Waals surface area contributed by atoms with E-state index < -0.39 is 0 Å². The van der Waals surface area contributed by atoms with Crippen molar-refractivity contribution in [3.8, 4) is 6.07 Å². The van der Waals surface area contributed by atoms with Crippen LogP contribution in [0.2, 0.25) is 0 Å². The third-order valence-corrected chi connectivity index (χ3v) is 1.45. The quantitative estimate of drug-likeness (QED) is 0.684. The molecule has 0 aliphatic carbocycles. The second kappa shape index (κ2) is 3.06. The van der Waals surface area contributed by atoms with E-state index in [9.17, 15) is 0 Å². The summed E-state index contributed by atoms with van der Waals surface area (Å²) < 4.78 is 1.62. The number of nitriles is 1. The Hall–Kier alpha value is -1.50. The van der Waals surface area contributed by atoms with Gasteiger partial charge < -0.3 is 5.32 Å². The highest BCUT2D eigenvalue weighted by molar-refractivity contribution is 5.30. The molecular weight excluding hydrogens is 140 g/mol. The minimum absolute atomic E-state index is 0.197. The third kappa shape index (κ3) is 1.49. The fraction of sp³-hybridized carbons (Fsp3) is 0.429. The lowest BCUT2D eigenvalue weighted by atomic mass is 10.4. The Morgan fingerprint density at radius 1 is 1.82 bits per heavy atom. The summed E-state index contributed by atoms with van der Waals surface area (Å²) in [7, 11) is 1.80. The maximum Gasteiger partial charge on any atom is 0.147 e. The van der Waals surface area contributed by atoms with Crippen molar-refractivity contribution in [2.75, 3.05) is 12.4 Å². The highest BCUT2D eigenvalue weighted by Gasteiger charge is 2.02. The lowest BCUT2D eigenvalue weighted by Crippen LogP contribution is -2.03. The molecule has 4 heteroatoms. The van der Waals surface area contributed by atoms with Gasteiger partial charge in [-0.3, -0.25) is 4.68 Å². The first kappa shape index (κ1) is 7.61. The van der Waals surface area contributed by atoms with Gasteiger partial charge in [0.1, 0.15) is 11.9 Å². The van der Waals surface area contributed by atoms with Crippen molar-refractivity contribution in [3.63, 3.8) is 0 Å². The number of rotatable bonds is 2. The molecule has 0 aromatic carbocycles. The standard InChI is InChI=1S/C7H10N4/c1-6(5-8)11-4-3-7(9-2)10-11/h3-4,6H,1-2H3,(H,9,10).